The highest BCUT2D eigenvalue weighted by atomic mass is 16.5. The fourth-order valence-corrected chi connectivity index (χ4v) is 3.37. The van der Waals surface area contributed by atoms with Gasteiger partial charge in [0.15, 0.2) is 5.82 Å². The van der Waals surface area contributed by atoms with Gasteiger partial charge in [0.25, 0.3) is 5.91 Å². The molecule has 0 saturated heterocycles. The minimum absolute atomic E-state index is 0.0532. The predicted octanol–water partition coefficient (Wildman–Crippen LogP) is 1.89. The van der Waals surface area contributed by atoms with Crippen LogP contribution in [0, 0.1) is 0 Å². The van der Waals surface area contributed by atoms with Gasteiger partial charge in [0.05, 0.1) is 13.2 Å². The van der Waals surface area contributed by atoms with Crippen LogP contribution >= 0.6 is 0 Å². The van der Waals surface area contributed by atoms with Crippen molar-refractivity contribution < 1.29 is 9.53 Å². The summed E-state index contributed by atoms with van der Waals surface area (Å²) in [4.78, 5) is 23.5. The molecule has 138 valence electrons. The zero-order valence-corrected chi connectivity index (χ0v) is 15.2. The third-order valence-electron chi connectivity index (χ3n) is 4.54. The molecule has 1 aliphatic rings. The number of hydrogen-bond acceptors (Lipinski definition) is 6. The second-order valence-electron chi connectivity index (χ2n) is 6.35. The van der Waals surface area contributed by atoms with Crippen LogP contribution in [-0.4, -0.2) is 40.2 Å². The molecule has 4 rings (SSSR count). The quantitative estimate of drug-likeness (QED) is 0.693. The number of carbonyl (C=O) groups excluding carboxylic acids is 1. The lowest BCUT2D eigenvalue weighted by atomic mass is 9.99. The maximum atomic E-state index is 13.1. The SMILES string of the molecule is CNCc1cc(COC)cc2c1CN(c1cccc(-c3ncn[nH]3)n1)C2=O. The number of fused-ring (bicyclic) bond motifs is 1. The van der Waals surface area contributed by atoms with E-state index in [0.29, 0.717) is 42.6 Å². The molecule has 1 amide bonds. The highest BCUT2D eigenvalue weighted by Crippen LogP contribution is 2.31. The number of amides is 1. The lowest BCUT2D eigenvalue weighted by Crippen LogP contribution is -2.24. The van der Waals surface area contributed by atoms with E-state index in [9.17, 15) is 4.79 Å². The van der Waals surface area contributed by atoms with Gasteiger partial charge < -0.3 is 10.1 Å². The van der Waals surface area contributed by atoms with Crippen LogP contribution in [0.2, 0.25) is 0 Å². The van der Waals surface area contributed by atoms with Gasteiger partial charge >= 0.3 is 0 Å². The van der Waals surface area contributed by atoms with E-state index in [2.05, 4.69) is 31.5 Å². The van der Waals surface area contributed by atoms with Gasteiger partial charge in [-0.15, -0.1) is 0 Å². The Kier molecular flexibility index (Phi) is 4.66. The monoisotopic (exact) mass is 364 g/mol. The van der Waals surface area contributed by atoms with Crippen molar-refractivity contribution in [1.29, 1.82) is 0 Å². The van der Waals surface area contributed by atoms with Crippen LogP contribution < -0.4 is 10.2 Å². The molecule has 0 radical (unpaired) electrons. The summed E-state index contributed by atoms with van der Waals surface area (Å²) >= 11 is 0. The molecule has 0 spiro atoms. The Morgan fingerprint density at radius 1 is 1.33 bits per heavy atom. The van der Waals surface area contributed by atoms with Gasteiger partial charge in [-0.1, -0.05) is 12.1 Å². The number of H-pyrrole nitrogens is 1. The third kappa shape index (κ3) is 3.20. The molecule has 0 saturated carbocycles. The number of methoxy groups -OCH3 is 1. The lowest BCUT2D eigenvalue weighted by Gasteiger charge is -2.15. The molecule has 3 aromatic rings. The maximum absolute atomic E-state index is 13.1. The van der Waals surface area contributed by atoms with E-state index >= 15 is 0 Å². The molecule has 2 N–H and O–H groups in total. The minimum atomic E-state index is -0.0532. The summed E-state index contributed by atoms with van der Waals surface area (Å²) in [5.74, 6) is 1.11. The number of anilines is 1. The molecular weight excluding hydrogens is 344 g/mol. The Morgan fingerprint density at radius 2 is 2.22 bits per heavy atom. The number of rotatable bonds is 6. The van der Waals surface area contributed by atoms with Crippen LogP contribution in [-0.2, 0) is 24.4 Å². The van der Waals surface area contributed by atoms with Crippen LogP contribution in [0.4, 0.5) is 5.82 Å². The molecule has 1 aromatic carbocycles. The van der Waals surface area contributed by atoms with Gasteiger partial charge in [-0.25, -0.2) is 9.97 Å². The number of ether oxygens (including phenoxy) is 1. The summed E-state index contributed by atoms with van der Waals surface area (Å²) < 4.78 is 5.25. The van der Waals surface area contributed by atoms with E-state index in [1.165, 1.54) is 6.33 Å². The lowest BCUT2D eigenvalue weighted by molar-refractivity contribution is 0.0995. The molecule has 8 nitrogen and oxygen atoms in total. The first-order chi connectivity index (χ1) is 13.2. The fraction of sp³-hybridized carbons (Fsp3) is 0.263. The number of nitrogens with one attached hydrogen (secondary N) is 2. The number of aromatic nitrogens is 4. The summed E-state index contributed by atoms with van der Waals surface area (Å²) in [6, 6.07) is 9.54. The fourth-order valence-electron chi connectivity index (χ4n) is 3.37. The van der Waals surface area contributed by atoms with E-state index < -0.39 is 0 Å². The van der Waals surface area contributed by atoms with Gasteiger partial charge in [0.1, 0.15) is 17.8 Å². The van der Waals surface area contributed by atoms with E-state index in [-0.39, 0.29) is 5.91 Å². The maximum Gasteiger partial charge on any atom is 0.260 e. The minimum Gasteiger partial charge on any atom is -0.380 e. The highest BCUT2D eigenvalue weighted by Gasteiger charge is 2.31. The Morgan fingerprint density at radius 3 is 2.96 bits per heavy atom. The average Bonchev–Trinajstić information content (AvgIpc) is 3.32. The smallest absolute Gasteiger partial charge is 0.260 e. The van der Waals surface area contributed by atoms with E-state index in [1.54, 1.807) is 12.0 Å². The first-order valence-electron chi connectivity index (χ1n) is 8.64. The highest BCUT2D eigenvalue weighted by molar-refractivity contribution is 6.10. The number of nitrogens with zero attached hydrogens (tertiary/aromatic N) is 4. The summed E-state index contributed by atoms with van der Waals surface area (Å²) in [7, 11) is 3.55. The summed E-state index contributed by atoms with van der Waals surface area (Å²) in [5.41, 5.74) is 4.47. The van der Waals surface area contributed by atoms with Gasteiger partial charge in [0, 0.05) is 19.2 Å². The standard InChI is InChI=1S/C19H20N6O2/c1-20-8-13-6-12(10-27-2)7-14-15(13)9-25(19(14)26)17-5-3-4-16(23-17)18-21-11-22-24-18/h3-7,11,20H,8-10H2,1-2H3,(H,21,22,24). The third-order valence-corrected chi connectivity index (χ3v) is 4.54. The number of aromatic amines is 1. The average molecular weight is 364 g/mol. The first-order valence-corrected chi connectivity index (χ1v) is 8.64. The van der Waals surface area contributed by atoms with Crippen molar-refractivity contribution in [1.82, 2.24) is 25.5 Å². The molecule has 8 heteroatoms. The first kappa shape index (κ1) is 17.3. The molecule has 0 bridgehead atoms. The molecule has 1 aliphatic heterocycles. The van der Waals surface area contributed by atoms with Crippen molar-refractivity contribution in [2.75, 3.05) is 19.1 Å². The van der Waals surface area contributed by atoms with Crippen molar-refractivity contribution in [2.45, 2.75) is 19.7 Å². The second kappa shape index (κ2) is 7.26. The van der Waals surface area contributed by atoms with Crippen LogP contribution in [0.1, 0.15) is 27.0 Å². The zero-order valence-electron chi connectivity index (χ0n) is 15.2. The van der Waals surface area contributed by atoms with Crippen molar-refractivity contribution in [3.8, 4) is 11.5 Å². The number of hydrogen-bond donors (Lipinski definition) is 2. The van der Waals surface area contributed by atoms with Gasteiger partial charge in [-0.2, -0.15) is 5.10 Å². The second-order valence-corrected chi connectivity index (χ2v) is 6.35. The van der Waals surface area contributed by atoms with Crippen LogP contribution in [0.15, 0.2) is 36.7 Å². The van der Waals surface area contributed by atoms with Crippen LogP contribution in [0.25, 0.3) is 11.5 Å². The van der Waals surface area contributed by atoms with Crippen LogP contribution in [0.3, 0.4) is 0 Å². The number of benzene rings is 1. The molecule has 3 heterocycles. The number of carbonyl (C=O) groups is 1. The van der Waals surface area contributed by atoms with Gasteiger partial charge in [-0.05, 0) is 41.9 Å². The Balaban J connectivity index is 1.71. The van der Waals surface area contributed by atoms with Gasteiger partial charge in [-0.3, -0.25) is 14.8 Å². The largest absolute Gasteiger partial charge is 0.380 e. The van der Waals surface area contributed by atoms with Gasteiger partial charge in [0.2, 0.25) is 0 Å². The van der Waals surface area contributed by atoms with Crippen molar-refractivity contribution in [3.05, 3.63) is 58.9 Å². The Bertz CT molecular complexity index is 970. The molecule has 0 unspecified atom stereocenters. The van der Waals surface area contributed by atoms with Crippen LogP contribution in [0.5, 0.6) is 0 Å². The van der Waals surface area contributed by atoms with E-state index in [1.807, 2.05) is 31.3 Å². The van der Waals surface area contributed by atoms with Crippen molar-refractivity contribution >= 4 is 11.7 Å². The normalized spacial score (nSPS) is 13.3. The molecule has 0 aliphatic carbocycles. The molecule has 0 fully saturated rings. The summed E-state index contributed by atoms with van der Waals surface area (Å²) in [6.45, 7) is 1.65. The van der Waals surface area contributed by atoms with E-state index in [0.717, 1.165) is 16.7 Å². The van der Waals surface area contributed by atoms with Crippen molar-refractivity contribution in [2.24, 2.45) is 0 Å². The number of pyridine rings is 1. The predicted molar refractivity (Wildman–Crippen MR) is 100 cm³/mol. The molecular formula is C19H20N6O2. The van der Waals surface area contributed by atoms with Crippen molar-refractivity contribution in [3.63, 3.8) is 0 Å². The molecule has 2 aromatic heterocycles. The molecule has 0 atom stereocenters. The Labute approximate surface area is 156 Å². The Hall–Kier alpha value is -3.10. The van der Waals surface area contributed by atoms with E-state index in [4.69, 9.17) is 4.74 Å². The summed E-state index contributed by atoms with van der Waals surface area (Å²) in [5, 5.41) is 9.83. The summed E-state index contributed by atoms with van der Waals surface area (Å²) in [6.07, 6.45) is 1.43. The zero-order chi connectivity index (χ0) is 18.8. The topological polar surface area (TPSA) is 96.0 Å². The molecule has 27 heavy (non-hydrogen) atoms.